The van der Waals surface area contributed by atoms with Gasteiger partial charge >= 0.3 is 5.97 Å². The van der Waals surface area contributed by atoms with Crippen LogP contribution < -0.4 is 10.2 Å². The number of nitrogens with zero attached hydrogens (tertiary/aromatic N) is 4. The molecule has 1 saturated heterocycles. The lowest BCUT2D eigenvalue weighted by atomic mass is 9.88. The fourth-order valence-electron chi connectivity index (χ4n) is 5.09. The number of rotatable bonds is 5. The molecule has 6 rings (SSSR count). The zero-order valence-electron chi connectivity index (χ0n) is 18.6. The van der Waals surface area contributed by atoms with Gasteiger partial charge in [0.1, 0.15) is 17.0 Å². The lowest BCUT2D eigenvalue weighted by molar-refractivity contribution is -0.148. The number of carbonyl (C=O) groups is 1. The Kier molecular flexibility index (Phi) is 5.13. The summed E-state index contributed by atoms with van der Waals surface area (Å²) in [5.41, 5.74) is 4.51. The van der Waals surface area contributed by atoms with E-state index in [1.807, 2.05) is 13.1 Å². The number of aromatic amines is 1. The molecule has 0 bridgehead atoms. The van der Waals surface area contributed by atoms with Crippen LogP contribution >= 0.6 is 11.3 Å². The van der Waals surface area contributed by atoms with Crippen LogP contribution in [0.15, 0.2) is 24.7 Å². The molecule has 170 valence electrons. The molecule has 2 aliphatic rings. The first-order chi connectivity index (χ1) is 16.2. The number of esters is 1. The molecule has 8 nitrogen and oxygen atoms in total. The lowest BCUT2D eigenvalue weighted by Crippen LogP contribution is -2.23. The molecule has 1 fully saturated rings. The van der Waals surface area contributed by atoms with Gasteiger partial charge in [-0.3, -0.25) is 9.89 Å². The number of carbonyl (C=O) groups excluding carboxylic acids is 1. The molecule has 4 heterocycles. The zero-order valence-corrected chi connectivity index (χ0v) is 19.4. The molecule has 9 heteroatoms. The number of ether oxygens (including phenoxy) is 1. The summed E-state index contributed by atoms with van der Waals surface area (Å²) in [5, 5.41) is 13.1. The summed E-state index contributed by atoms with van der Waals surface area (Å²) in [5.74, 6) is 0.671. The highest BCUT2D eigenvalue weighted by molar-refractivity contribution is 7.19. The zero-order chi connectivity index (χ0) is 22.4. The van der Waals surface area contributed by atoms with E-state index in [2.05, 4.69) is 42.5 Å². The van der Waals surface area contributed by atoms with Crippen molar-refractivity contribution in [3.05, 3.63) is 35.1 Å². The van der Waals surface area contributed by atoms with E-state index < -0.39 is 0 Å². The third-order valence-corrected chi connectivity index (χ3v) is 7.88. The van der Waals surface area contributed by atoms with E-state index in [0.717, 1.165) is 58.6 Å². The second kappa shape index (κ2) is 8.30. The first-order valence-corrected chi connectivity index (χ1v) is 12.4. The predicted molar refractivity (Wildman–Crippen MR) is 130 cm³/mol. The molecule has 1 aliphatic carbocycles. The van der Waals surface area contributed by atoms with Gasteiger partial charge in [0.2, 0.25) is 0 Å². The van der Waals surface area contributed by atoms with Crippen LogP contribution in [0, 0.1) is 5.92 Å². The number of benzene rings is 1. The minimum atomic E-state index is -0.0892. The van der Waals surface area contributed by atoms with Gasteiger partial charge in [-0.2, -0.15) is 5.10 Å². The fraction of sp³-hybridized carbons (Fsp3) is 0.417. The highest BCUT2D eigenvalue weighted by Crippen LogP contribution is 2.42. The summed E-state index contributed by atoms with van der Waals surface area (Å²) in [6.07, 6.45) is 8.24. The molecule has 0 radical (unpaired) electrons. The predicted octanol–water partition coefficient (Wildman–Crippen LogP) is 4.58. The average Bonchev–Trinajstić information content (AvgIpc) is 3.57. The summed E-state index contributed by atoms with van der Waals surface area (Å²) in [6, 6.07) is 4.33. The van der Waals surface area contributed by atoms with Crippen LogP contribution in [0.2, 0.25) is 0 Å². The van der Waals surface area contributed by atoms with E-state index in [0.29, 0.717) is 13.0 Å². The van der Waals surface area contributed by atoms with Gasteiger partial charge in [0.25, 0.3) is 0 Å². The van der Waals surface area contributed by atoms with Gasteiger partial charge < -0.3 is 15.0 Å². The normalized spacial score (nSPS) is 18.1. The molecule has 4 aromatic rings. The average molecular weight is 463 g/mol. The van der Waals surface area contributed by atoms with Crippen LogP contribution in [-0.2, 0) is 22.4 Å². The number of aryl methyl sites for hydroxylation is 1. The summed E-state index contributed by atoms with van der Waals surface area (Å²) in [6.45, 7) is 4.39. The van der Waals surface area contributed by atoms with E-state index in [1.165, 1.54) is 29.0 Å². The Balaban J connectivity index is 1.39. The van der Waals surface area contributed by atoms with Crippen molar-refractivity contribution in [2.24, 2.45) is 5.92 Å². The molecular formula is C24H26N6O2S. The number of aromatic nitrogens is 4. The van der Waals surface area contributed by atoms with E-state index in [9.17, 15) is 4.79 Å². The van der Waals surface area contributed by atoms with E-state index >= 15 is 0 Å². The van der Waals surface area contributed by atoms with Gasteiger partial charge in [-0.15, -0.1) is 11.3 Å². The van der Waals surface area contributed by atoms with Crippen LogP contribution in [-0.4, -0.2) is 45.8 Å². The van der Waals surface area contributed by atoms with Crippen molar-refractivity contribution in [1.29, 1.82) is 0 Å². The highest BCUT2D eigenvalue weighted by atomic mass is 32.1. The SMILES string of the molecule is CCOC(=O)C1CCc2c(sc3ncnc(Nc4cc5cn[nH]c5cc4N4CCCC4)c23)C1. The largest absolute Gasteiger partial charge is 0.466 e. The number of H-pyrrole nitrogens is 1. The molecule has 0 amide bonds. The summed E-state index contributed by atoms with van der Waals surface area (Å²) >= 11 is 1.67. The maximum atomic E-state index is 12.3. The number of anilines is 3. The minimum Gasteiger partial charge on any atom is -0.466 e. The molecule has 1 atom stereocenters. The molecule has 1 aliphatic heterocycles. The third-order valence-electron chi connectivity index (χ3n) is 6.72. The fourth-order valence-corrected chi connectivity index (χ4v) is 6.36. The Hall–Kier alpha value is -3.20. The number of fused-ring (bicyclic) bond motifs is 4. The van der Waals surface area contributed by atoms with Crippen LogP contribution in [0.5, 0.6) is 0 Å². The number of hydrogen-bond acceptors (Lipinski definition) is 8. The second-order valence-electron chi connectivity index (χ2n) is 8.74. The van der Waals surface area contributed by atoms with Crippen molar-refractivity contribution in [3.8, 4) is 0 Å². The first-order valence-electron chi connectivity index (χ1n) is 11.6. The van der Waals surface area contributed by atoms with Gasteiger partial charge in [-0.05, 0) is 56.7 Å². The molecule has 0 saturated carbocycles. The van der Waals surface area contributed by atoms with Gasteiger partial charge in [-0.25, -0.2) is 9.97 Å². The maximum Gasteiger partial charge on any atom is 0.309 e. The van der Waals surface area contributed by atoms with E-state index in [-0.39, 0.29) is 11.9 Å². The number of thiophene rings is 1. The third kappa shape index (κ3) is 3.60. The molecule has 3 aromatic heterocycles. The van der Waals surface area contributed by atoms with Crippen molar-refractivity contribution in [3.63, 3.8) is 0 Å². The quantitative estimate of drug-likeness (QED) is 0.419. The first kappa shape index (κ1) is 20.4. The second-order valence-corrected chi connectivity index (χ2v) is 9.83. The summed E-state index contributed by atoms with van der Waals surface area (Å²) in [4.78, 5) is 26.1. The van der Waals surface area contributed by atoms with Crippen molar-refractivity contribution < 1.29 is 9.53 Å². The smallest absolute Gasteiger partial charge is 0.309 e. The Morgan fingerprint density at radius 1 is 1.30 bits per heavy atom. The van der Waals surface area contributed by atoms with Crippen LogP contribution in [0.3, 0.4) is 0 Å². The molecule has 2 N–H and O–H groups in total. The summed E-state index contributed by atoms with van der Waals surface area (Å²) < 4.78 is 5.28. The number of nitrogens with one attached hydrogen (secondary N) is 2. The Bertz CT molecular complexity index is 1340. The van der Waals surface area contributed by atoms with E-state index in [1.54, 1.807) is 17.7 Å². The highest BCUT2D eigenvalue weighted by Gasteiger charge is 2.30. The van der Waals surface area contributed by atoms with Gasteiger partial charge in [0, 0.05) is 23.4 Å². The number of hydrogen-bond donors (Lipinski definition) is 2. The minimum absolute atomic E-state index is 0.0693. The Morgan fingerprint density at radius 3 is 3.03 bits per heavy atom. The van der Waals surface area contributed by atoms with Crippen LogP contribution in [0.1, 0.15) is 36.6 Å². The Labute approximate surface area is 195 Å². The molecular weight excluding hydrogens is 436 g/mol. The molecule has 1 aromatic carbocycles. The monoisotopic (exact) mass is 462 g/mol. The Morgan fingerprint density at radius 2 is 2.18 bits per heavy atom. The van der Waals surface area contributed by atoms with Crippen molar-refractivity contribution in [1.82, 2.24) is 20.2 Å². The molecule has 33 heavy (non-hydrogen) atoms. The summed E-state index contributed by atoms with van der Waals surface area (Å²) in [7, 11) is 0. The van der Waals surface area contributed by atoms with E-state index in [4.69, 9.17) is 4.74 Å². The topological polar surface area (TPSA) is 96.0 Å². The van der Waals surface area contributed by atoms with Gasteiger partial charge in [-0.1, -0.05) is 0 Å². The molecule has 0 spiro atoms. The maximum absolute atomic E-state index is 12.3. The molecule has 1 unspecified atom stereocenters. The van der Waals surface area contributed by atoms with Crippen molar-refractivity contribution in [2.45, 2.75) is 39.0 Å². The van der Waals surface area contributed by atoms with Gasteiger partial charge in [0.05, 0.1) is 41.0 Å². The van der Waals surface area contributed by atoms with Crippen molar-refractivity contribution >= 4 is 55.6 Å². The van der Waals surface area contributed by atoms with Crippen LogP contribution in [0.25, 0.3) is 21.1 Å². The van der Waals surface area contributed by atoms with Crippen molar-refractivity contribution in [2.75, 3.05) is 29.9 Å². The standard InChI is InChI=1S/C24H26N6O2S/c1-2-32-24(31)14-5-6-16-20(10-14)33-23-21(16)22(25-13-26-23)28-18-9-15-12-27-29-17(15)11-19(18)30-7-3-4-8-30/h9,11-14H,2-8,10H2,1H3,(H,27,29)(H,25,26,28). The lowest BCUT2D eigenvalue weighted by Gasteiger charge is -2.23. The van der Waals surface area contributed by atoms with Crippen LogP contribution in [0.4, 0.5) is 17.2 Å². The van der Waals surface area contributed by atoms with Gasteiger partial charge in [0.15, 0.2) is 0 Å².